The minimum Gasteiger partial charge on any atom is -0.490 e. The predicted molar refractivity (Wildman–Crippen MR) is 16.0 cm³/mol. The number of rotatable bonds is 0. The normalized spacial score (nSPS) is 8.67. The molecule has 0 aliphatic carbocycles. The first-order chi connectivity index (χ1) is 2.89. The molecule has 0 radical (unpaired) electrons. The summed E-state index contributed by atoms with van der Waals surface area (Å²) in [6, 6.07) is 0. The average Bonchev–Trinajstić information content (AvgIpc) is 1.86. The van der Waals surface area contributed by atoms with Gasteiger partial charge >= 0.3 is 0 Å². The lowest BCUT2D eigenvalue weighted by Crippen LogP contribution is -1.59. The van der Waals surface area contributed by atoms with Crippen molar-refractivity contribution in [2.24, 2.45) is 0 Å². The van der Waals surface area contributed by atoms with E-state index in [-0.39, 0.29) is 5.88 Å². The van der Waals surface area contributed by atoms with Crippen molar-refractivity contribution in [1.29, 1.82) is 0 Å². The smallest absolute Gasteiger partial charge is 0.273 e. The Balaban J connectivity index is 3.05. The van der Waals surface area contributed by atoms with Gasteiger partial charge < -0.3 is 9.63 Å². The van der Waals surface area contributed by atoms with E-state index in [4.69, 9.17) is 5.11 Å². The van der Waals surface area contributed by atoms with Crippen LogP contribution in [0.3, 0.4) is 0 Å². The molecule has 0 amide bonds. The molecule has 0 unspecified atom stereocenters. The van der Waals surface area contributed by atoms with Crippen LogP contribution < -0.4 is 0 Å². The van der Waals surface area contributed by atoms with E-state index < -0.39 is 0 Å². The van der Waals surface area contributed by atoms with Crippen molar-refractivity contribution in [3.63, 3.8) is 0 Å². The fraction of sp³-hybridized carbons (Fsp3) is 0. The standard InChI is InChI=1S/C2H2N2O2/c5-2-1-6-4-3-2/h1,5H. The highest BCUT2D eigenvalue weighted by Crippen LogP contribution is 1.94. The summed E-state index contributed by atoms with van der Waals surface area (Å²) in [5, 5.41) is 14.2. The fourth-order valence-corrected chi connectivity index (χ4v) is 0.160. The van der Waals surface area contributed by atoms with E-state index in [1.807, 2.05) is 0 Å². The van der Waals surface area contributed by atoms with Crippen LogP contribution in [-0.4, -0.2) is 15.5 Å². The molecule has 0 aromatic carbocycles. The van der Waals surface area contributed by atoms with Gasteiger partial charge in [-0.2, -0.15) is 0 Å². The predicted octanol–water partition coefficient (Wildman–Crippen LogP) is -0.225. The van der Waals surface area contributed by atoms with Gasteiger partial charge in [0.2, 0.25) is 0 Å². The van der Waals surface area contributed by atoms with Gasteiger partial charge in [0, 0.05) is 5.27 Å². The van der Waals surface area contributed by atoms with Crippen molar-refractivity contribution in [2.45, 2.75) is 0 Å². The Kier molecular flexibility index (Phi) is 0.506. The zero-order valence-corrected chi connectivity index (χ0v) is 2.83. The second-order valence-corrected chi connectivity index (χ2v) is 0.763. The molecule has 4 heteroatoms. The summed E-state index contributed by atoms with van der Waals surface area (Å²) in [5.41, 5.74) is 0. The number of hydrogen-bond donors (Lipinski definition) is 1. The van der Waals surface area contributed by atoms with E-state index >= 15 is 0 Å². The summed E-state index contributed by atoms with van der Waals surface area (Å²) >= 11 is 0. The molecule has 0 saturated heterocycles. The van der Waals surface area contributed by atoms with Crippen LogP contribution in [0, 0.1) is 0 Å². The largest absolute Gasteiger partial charge is 0.490 e. The van der Waals surface area contributed by atoms with Gasteiger partial charge in [-0.3, -0.25) is 0 Å². The van der Waals surface area contributed by atoms with Gasteiger partial charge in [-0.05, 0) is 0 Å². The van der Waals surface area contributed by atoms with E-state index in [0.29, 0.717) is 0 Å². The lowest BCUT2D eigenvalue weighted by atomic mass is 10.9. The Morgan fingerprint density at radius 2 is 2.67 bits per heavy atom. The number of nitrogens with zero attached hydrogens (tertiary/aromatic N) is 2. The molecule has 4 nitrogen and oxygen atoms in total. The van der Waals surface area contributed by atoms with Crippen LogP contribution in [-0.2, 0) is 0 Å². The minimum atomic E-state index is -0.185. The molecule has 0 aliphatic heterocycles. The van der Waals surface area contributed by atoms with E-state index in [0.717, 1.165) is 6.26 Å². The van der Waals surface area contributed by atoms with Crippen molar-refractivity contribution in [2.75, 3.05) is 0 Å². The summed E-state index contributed by atoms with van der Waals surface area (Å²) in [7, 11) is 0. The average molecular weight is 86.1 g/mol. The molecule has 32 valence electrons. The number of aromatic nitrogens is 2. The summed E-state index contributed by atoms with van der Waals surface area (Å²) < 4.78 is 4.10. The topological polar surface area (TPSA) is 59.2 Å². The second kappa shape index (κ2) is 0.965. The summed E-state index contributed by atoms with van der Waals surface area (Å²) in [6.07, 6.45) is 1.04. The van der Waals surface area contributed by atoms with Gasteiger partial charge in [-0.1, -0.05) is 5.10 Å². The monoisotopic (exact) mass is 86.0 g/mol. The first-order valence-electron chi connectivity index (χ1n) is 1.35. The van der Waals surface area contributed by atoms with Gasteiger partial charge in [0.15, 0.2) is 6.26 Å². The van der Waals surface area contributed by atoms with Crippen molar-refractivity contribution in [1.82, 2.24) is 10.4 Å². The molecule has 1 rings (SSSR count). The lowest BCUT2D eigenvalue weighted by molar-refractivity contribution is 0.392. The molecule has 6 heavy (non-hydrogen) atoms. The maximum Gasteiger partial charge on any atom is 0.273 e. The molecule has 1 aromatic rings. The maximum atomic E-state index is 8.20. The van der Waals surface area contributed by atoms with Crippen LogP contribution in [0.1, 0.15) is 0 Å². The molecule has 1 heterocycles. The number of aromatic hydroxyl groups is 1. The Hall–Kier alpha value is -1.06. The minimum absolute atomic E-state index is 0.185. The van der Waals surface area contributed by atoms with Gasteiger partial charge in [-0.25, -0.2) is 0 Å². The van der Waals surface area contributed by atoms with E-state index in [2.05, 4.69) is 14.9 Å². The van der Waals surface area contributed by atoms with E-state index in [1.165, 1.54) is 0 Å². The second-order valence-electron chi connectivity index (χ2n) is 0.763. The molecular weight excluding hydrogens is 84.0 g/mol. The zero-order valence-electron chi connectivity index (χ0n) is 2.83. The third kappa shape index (κ3) is 0.314. The quantitative estimate of drug-likeness (QED) is 0.474. The molecule has 0 spiro atoms. The first-order valence-corrected chi connectivity index (χ1v) is 1.35. The van der Waals surface area contributed by atoms with Gasteiger partial charge in [0.1, 0.15) is 0 Å². The van der Waals surface area contributed by atoms with E-state index in [9.17, 15) is 0 Å². The maximum absolute atomic E-state index is 8.20. The van der Waals surface area contributed by atoms with Gasteiger partial charge in [0.05, 0.1) is 0 Å². The van der Waals surface area contributed by atoms with Crippen molar-refractivity contribution >= 4 is 0 Å². The molecule has 0 aliphatic rings. The van der Waals surface area contributed by atoms with Gasteiger partial charge in [-0.15, -0.1) is 0 Å². The van der Waals surface area contributed by atoms with Crippen LogP contribution in [0.2, 0.25) is 0 Å². The first kappa shape index (κ1) is 3.14. The molecule has 1 aromatic heterocycles. The van der Waals surface area contributed by atoms with Crippen molar-refractivity contribution in [3.8, 4) is 5.88 Å². The lowest BCUT2D eigenvalue weighted by Gasteiger charge is -1.60. The third-order valence-corrected chi connectivity index (χ3v) is 0.349. The molecule has 0 saturated carbocycles. The van der Waals surface area contributed by atoms with Crippen LogP contribution in [0.5, 0.6) is 5.88 Å². The highest BCUT2D eigenvalue weighted by Gasteiger charge is 1.83. The highest BCUT2D eigenvalue weighted by molar-refractivity contribution is 4.89. The zero-order chi connectivity index (χ0) is 4.41. The van der Waals surface area contributed by atoms with Crippen LogP contribution >= 0.6 is 0 Å². The molecule has 0 atom stereocenters. The van der Waals surface area contributed by atoms with Crippen LogP contribution in [0.15, 0.2) is 10.8 Å². The summed E-state index contributed by atoms with van der Waals surface area (Å²) in [4.78, 5) is 0. The highest BCUT2D eigenvalue weighted by atomic mass is 16.5. The third-order valence-electron chi connectivity index (χ3n) is 0.349. The van der Waals surface area contributed by atoms with Crippen LogP contribution in [0.4, 0.5) is 0 Å². The SMILES string of the molecule is Oc1conn1. The number of hydrogen-bond acceptors (Lipinski definition) is 4. The Bertz CT molecular complexity index is 113. The molecule has 0 fully saturated rings. The fourth-order valence-electron chi connectivity index (χ4n) is 0.160. The van der Waals surface area contributed by atoms with E-state index in [1.54, 1.807) is 0 Å². The summed E-state index contributed by atoms with van der Waals surface area (Å²) in [6.45, 7) is 0. The Morgan fingerprint density at radius 3 is 2.83 bits per heavy atom. The molecule has 0 bridgehead atoms. The Labute approximate surface area is 33.4 Å². The van der Waals surface area contributed by atoms with Gasteiger partial charge in [0.25, 0.3) is 5.88 Å². The Morgan fingerprint density at radius 1 is 1.83 bits per heavy atom. The molecular formula is C2H2N2O2. The molecule has 1 N–H and O–H groups in total. The van der Waals surface area contributed by atoms with Crippen molar-refractivity contribution in [3.05, 3.63) is 6.26 Å². The van der Waals surface area contributed by atoms with Crippen molar-refractivity contribution < 1.29 is 9.63 Å². The van der Waals surface area contributed by atoms with Crippen LogP contribution in [0.25, 0.3) is 0 Å². The summed E-state index contributed by atoms with van der Waals surface area (Å²) in [5.74, 6) is -0.185.